The molecule has 0 aliphatic heterocycles. The fraction of sp³-hybridized carbons (Fsp3) is 0.278. The topological polar surface area (TPSA) is 114 Å². The molecule has 2 rings (SSSR count). The molecule has 8 nitrogen and oxygen atoms in total. The third-order valence-corrected chi connectivity index (χ3v) is 4.28. The number of methoxy groups -OCH3 is 1. The number of halogens is 1. The van der Waals surface area contributed by atoms with Crippen LogP contribution < -0.4 is 26.2 Å². The highest BCUT2D eigenvalue weighted by atomic mass is 35.5. The van der Waals surface area contributed by atoms with Crippen LogP contribution in [0.5, 0.6) is 17.2 Å². The number of ether oxygens (including phenoxy) is 2. The largest absolute Gasteiger partial charge is 0.506 e. The van der Waals surface area contributed by atoms with Crippen molar-refractivity contribution < 1.29 is 19.4 Å². The Balaban J connectivity index is 2.39. The van der Waals surface area contributed by atoms with Crippen molar-refractivity contribution >= 4 is 23.3 Å². The van der Waals surface area contributed by atoms with Crippen LogP contribution in [0.1, 0.15) is 18.1 Å². The first-order valence-corrected chi connectivity index (χ1v) is 8.55. The van der Waals surface area contributed by atoms with Gasteiger partial charge in [-0.25, -0.2) is 21.5 Å². The number of urea groups is 1. The number of hydrazine groups is 2. The molecular formula is C18H23ClN4O4. The molecule has 0 bridgehead atoms. The summed E-state index contributed by atoms with van der Waals surface area (Å²) < 4.78 is 11.3. The number of hydrogen-bond donors (Lipinski definition) is 3. The molecule has 0 aliphatic rings. The molecule has 0 saturated heterocycles. The number of rotatable bonds is 6. The van der Waals surface area contributed by atoms with Gasteiger partial charge in [0.25, 0.3) is 0 Å². The SMILES string of the molecule is CCc1cc(O)c(Cl)cc1OCc1c(OC)cccc1N(N)C(=O)N(C)N. The summed E-state index contributed by atoms with van der Waals surface area (Å²) in [6.07, 6.45) is 0.637. The smallest absolute Gasteiger partial charge is 0.352 e. The Morgan fingerprint density at radius 1 is 1.26 bits per heavy atom. The first-order chi connectivity index (χ1) is 12.8. The average molecular weight is 395 g/mol. The van der Waals surface area contributed by atoms with Crippen molar-refractivity contribution in [3.8, 4) is 17.2 Å². The summed E-state index contributed by atoms with van der Waals surface area (Å²) in [4.78, 5) is 12.1. The number of benzene rings is 2. The van der Waals surface area contributed by atoms with Crippen LogP contribution in [0.2, 0.25) is 5.02 Å². The third-order valence-electron chi connectivity index (χ3n) is 3.98. The number of carbonyl (C=O) groups excluding carboxylic acids is 1. The van der Waals surface area contributed by atoms with Gasteiger partial charge in [-0.05, 0) is 30.2 Å². The minimum absolute atomic E-state index is 0.0106. The quantitative estimate of drug-likeness (QED) is 0.394. The molecule has 0 radical (unpaired) electrons. The Kier molecular flexibility index (Phi) is 6.73. The first kappa shape index (κ1) is 20.6. The van der Waals surface area contributed by atoms with Crippen molar-refractivity contribution in [3.05, 3.63) is 46.5 Å². The van der Waals surface area contributed by atoms with E-state index in [9.17, 15) is 9.90 Å². The third kappa shape index (κ3) is 4.54. The number of anilines is 1. The normalized spacial score (nSPS) is 10.4. The van der Waals surface area contributed by atoms with Gasteiger partial charge in [0.2, 0.25) is 0 Å². The molecule has 2 amide bonds. The maximum atomic E-state index is 12.1. The fourth-order valence-corrected chi connectivity index (χ4v) is 2.69. The van der Waals surface area contributed by atoms with Crippen LogP contribution in [-0.4, -0.2) is 30.3 Å². The number of aromatic hydroxyl groups is 1. The van der Waals surface area contributed by atoms with Gasteiger partial charge in [-0.2, -0.15) is 0 Å². The molecule has 0 unspecified atom stereocenters. The lowest BCUT2D eigenvalue weighted by Gasteiger charge is -2.24. The highest BCUT2D eigenvalue weighted by Crippen LogP contribution is 2.34. The number of carbonyl (C=O) groups is 1. The summed E-state index contributed by atoms with van der Waals surface area (Å²) in [5, 5.41) is 11.7. The monoisotopic (exact) mass is 394 g/mol. The van der Waals surface area contributed by atoms with E-state index in [1.165, 1.54) is 14.2 Å². The van der Waals surface area contributed by atoms with Gasteiger partial charge in [-0.1, -0.05) is 24.6 Å². The molecule has 0 aromatic heterocycles. The standard InChI is InChI=1S/C18H23ClN4O4/c1-4-11-8-15(24)13(19)9-17(11)27-10-12-14(6-5-7-16(12)26-3)23(21)18(25)22(2)20/h5-9,24H,4,10,20-21H2,1-3H3. The van der Waals surface area contributed by atoms with Crippen LogP contribution in [-0.2, 0) is 13.0 Å². The second-order valence-electron chi connectivity index (χ2n) is 5.78. The molecule has 0 heterocycles. The van der Waals surface area contributed by atoms with E-state index in [0.717, 1.165) is 15.6 Å². The van der Waals surface area contributed by atoms with E-state index < -0.39 is 6.03 Å². The second kappa shape index (κ2) is 8.81. The van der Waals surface area contributed by atoms with Crippen molar-refractivity contribution in [2.24, 2.45) is 11.7 Å². The molecule has 0 spiro atoms. The number of hydrogen-bond acceptors (Lipinski definition) is 6. The molecule has 9 heteroatoms. The van der Waals surface area contributed by atoms with Crippen LogP contribution in [0.25, 0.3) is 0 Å². The number of phenols is 1. The van der Waals surface area contributed by atoms with Gasteiger partial charge in [0.15, 0.2) is 0 Å². The molecule has 27 heavy (non-hydrogen) atoms. The van der Waals surface area contributed by atoms with E-state index in [2.05, 4.69) is 0 Å². The number of nitrogens with zero attached hydrogens (tertiary/aromatic N) is 2. The van der Waals surface area contributed by atoms with Crippen LogP contribution in [0.3, 0.4) is 0 Å². The Morgan fingerprint density at radius 3 is 2.56 bits per heavy atom. The summed E-state index contributed by atoms with van der Waals surface area (Å²) in [5.74, 6) is 12.4. The summed E-state index contributed by atoms with van der Waals surface area (Å²) in [7, 11) is 2.90. The molecule has 5 N–H and O–H groups in total. The van der Waals surface area contributed by atoms with Crippen LogP contribution in [0, 0.1) is 0 Å². The van der Waals surface area contributed by atoms with E-state index in [0.29, 0.717) is 29.2 Å². The van der Waals surface area contributed by atoms with Crippen LogP contribution >= 0.6 is 11.6 Å². The second-order valence-corrected chi connectivity index (χ2v) is 6.18. The van der Waals surface area contributed by atoms with Gasteiger partial charge in [-0.15, -0.1) is 0 Å². The van der Waals surface area contributed by atoms with Gasteiger partial charge in [0.1, 0.15) is 23.9 Å². The van der Waals surface area contributed by atoms with Gasteiger partial charge in [0.05, 0.1) is 23.4 Å². The predicted octanol–water partition coefficient (Wildman–Crippen LogP) is 2.80. The van der Waals surface area contributed by atoms with Gasteiger partial charge in [-0.3, -0.25) is 5.01 Å². The Hall–Kier alpha value is -2.68. The van der Waals surface area contributed by atoms with Crippen molar-refractivity contribution in [3.63, 3.8) is 0 Å². The Labute approximate surface area is 162 Å². The zero-order valence-electron chi connectivity index (χ0n) is 15.4. The minimum Gasteiger partial charge on any atom is -0.506 e. The highest BCUT2D eigenvalue weighted by Gasteiger charge is 2.21. The summed E-state index contributed by atoms with van der Waals surface area (Å²) >= 11 is 5.99. The van der Waals surface area contributed by atoms with E-state index in [1.807, 2.05) is 6.92 Å². The van der Waals surface area contributed by atoms with Gasteiger partial charge >= 0.3 is 6.03 Å². The minimum atomic E-state index is -0.605. The maximum Gasteiger partial charge on any atom is 0.352 e. The van der Waals surface area contributed by atoms with Gasteiger partial charge < -0.3 is 14.6 Å². The van der Waals surface area contributed by atoms with Crippen molar-refractivity contribution in [2.45, 2.75) is 20.0 Å². The molecule has 0 atom stereocenters. The molecule has 146 valence electrons. The van der Waals surface area contributed by atoms with Gasteiger partial charge in [0, 0.05) is 13.1 Å². The van der Waals surface area contributed by atoms with Crippen LogP contribution in [0.15, 0.2) is 30.3 Å². The number of aryl methyl sites for hydroxylation is 1. The van der Waals surface area contributed by atoms with E-state index >= 15 is 0 Å². The predicted molar refractivity (Wildman–Crippen MR) is 104 cm³/mol. The highest BCUT2D eigenvalue weighted by molar-refractivity contribution is 6.32. The molecule has 2 aromatic carbocycles. The van der Waals surface area contributed by atoms with Crippen molar-refractivity contribution in [2.75, 3.05) is 19.2 Å². The summed E-state index contributed by atoms with van der Waals surface area (Å²) in [5.41, 5.74) is 1.74. The molecule has 2 aromatic rings. The van der Waals surface area contributed by atoms with E-state index in [4.69, 9.17) is 32.8 Å². The zero-order chi connectivity index (χ0) is 20.1. The Morgan fingerprint density at radius 2 is 1.96 bits per heavy atom. The van der Waals surface area contributed by atoms with Crippen molar-refractivity contribution in [1.82, 2.24) is 5.01 Å². The zero-order valence-corrected chi connectivity index (χ0v) is 16.2. The number of nitrogens with two attached hydrogens (primary N) is 2. The number of phenolic OH excluding ortho intramolecular Hbond substituents is 1. The Bertz CT molecular complexity index is 829. The van der Waals surface area contributed by atoms with E-state index in [1.54, 1.807) is 30.3 Å². The van der Waals surface area contributed by atoms with Crippen LogP contribution in [0.4, 0.5) is 10.5 Å². The lowest BCUT2D eigenvalue weighted by atomic mass is 10.1. The first-order valence-electron chi connectivity index (χ1n) is 8.17. The summed E-state index contributed by atoms with van der Waals surface area (Å²) in [6.45, 7) is 1.99. The molecule has 0 fully saturated rings. The van der Waals surface area contributed by atoms with E-state index in [-0.39, 0.29) is 17.4 Å². The fourth-order valence-electron chi connectivity index (χ4n) is 2.54. The lowest BCUT2D eigenvalue weighted by Crippen LogP contribution is -2.49. The molecule has 0 aliphatic carbocycles. The maximum absolute atomic E-state index is 12.1. The average Bonchev–Trinajstić information content (AvgIpc) is 2.66. The summed E-state index contributed by atoms with van der Waals surface area (Å²) in [6, 6.07) is 7.60. The van der Waals surface area contributed by atoms with Crippen molar-refractivity contribution in [1.29, 1.82) is 0 Å². The molecular weight excluding hydrogens is 372 g/mol. The lowest BCUT2D eigenvalue weighted by molar-refractivity contribution is 0.216. The number of amides is 2. The molecule has 0 saturated carbocycles.